The lowest BCUT2D eigenvalue weighted by Crippen LogP contribution is -2.21. The number of hydrogen-bond acceptors (Lipinski definition) is 5. The number of nitrogens with two attached hydrogens (primary N) is 1. The Morgan fingerprint density at radius 2 is 1.93 bits per heavy atom. The fourth-order valence-electron chi connectivity index (χ4n) is 4.09. The van der Waals surface area contributed by atoms with Gasteiger partial charge >= 0.3 is 0 Å². The maximum Gasteiger partial charge on any atom is 0.172 e. The van der Waals surface area contributed by atoms with Crippen molar-refractivity contribution in [2.45, 2.75) is 90.3 Å². The van der Waals surface area contributed by atoms with Gasteiger partial charge in [0.1, 0.15) is 0 Å². The summed E-state index contributed by atoms with van der Waals surface area (Å²) in [6, 6.07) is 3.91. The molecule has 0 fully saturated rings. The molecule has 166 valence electrons. The van der Waals surface area contributed by atoms with Crippen LogP contribution in [0, 0.1) is 0 Å². The second-order valence-corrected chi connectivity index (χ2v) is 10.7. The van der Waals surface area contributed by atoms with Crippen LogP contribution in [0.15, 0.2) is 27.7 Å². The van der Waals surface area contributed by atoms with Crippen LogP contribution in [0.2, 0.25) is 0 Å². The van der Waals surface area contributed by atoms with Crippen LogP contribution >= 0.6 is 0 Å². The summed E-state index contributed by atoms with van der Waals surface area (Å²) in [6.07, 6.45) is 0.790. The van der Waals surface area contributed by atoms with E-state index >= 15 is 0 Å². The first-order valence-corrected chi connectivity index (χ1v) is 12.1. The van der Waals surface area contributed by atoms with Crippen LogP contribution in [0.1, 0.15) is 87.2 Å². The smallest absolute Gasteiger partial charge is 0.172 e. The molecule has 0 spiro atoms. The third kappa shape index (κ3) is 4.61. The lowest BCUT2D eigenvalue weighted by molar-refractivity contribution is 0.134. The minimum atomic E-state index is -3.30. The number of fused-ring (bicyclic) bond motifs is 1. The molecular weight excluding hydrogens is 400 g/mol. The zero-order chi connectivity index (χ0) is 22.2. The minimum Gasteiger partial charge on any atom is -0.372 e. The molecule has 1 aromatic heterocycles. The third-order valence-corrected chi connectivity index (χ3v) is 6.87. The first-order valence-electron chi connectivity index (χ1n) is 10.5. The summed E-state index contributed by atoms with van der Waals surface area (Å²) < 4.78 is 24.5. The van der Waals surface area contributed by atoms with Gasteiger partial charge in [-0.3, -0.25) is 4.68 Å². The van der Waals surface area contributed by atoms with Crippen molar-refractivity contribution in [2.24, 2.45) is 9.50 Å². The summed E-state index contributed by atoms with van der Waals surface area (Å²) in [7, 11) is -3.30. The Balaban J connectivity index is 2.00. The number of hydrogen-bond donors (Lipinski definition) is 2. The van der Waals surface area contributed by atoms with E-state index in [1.54, 1.807) is 16.9 Å². The molecule has 2 unspecified atom stereocenters. The van der Waals surface area contributed by atoms with Gasteiger partial charge in [-0.15, -0.1) is 0 Å². The summed E-state index contributed by atoms with van der Waals surface area (Å²) in [6.45, 7) is 13.7. The molecule has 2 heterocycles. The Kier molecular flexibility index (Phi) is 6.72. The van der Waals surface area contributed by atoms with E-state index in [-0.39, 0.29) is 29.3 Å². The van der Waals surface area contributed by atoms with Crippen LogP contribution in [0.25, 0.3) is 0 Å². The van der Waals surface area contributed by atoms with E-state index in [0.717, 1.165) is 5.56 Å². The van der Waals surface area contributed by atoms with Crippen LogP contribution in [-0.4, -0.2) is 25.3 Å². The second kappa shape index (κ2) is 8.78. The summed E-state index contributed by atoms with van der Waals surface area (Å²) in [5.74, 6) is 0.546. The molecule has 0 saturated carbocycles. The third-order valence-electron chi connectivity index (χ3n) is 5.50. The number of rotatable bonds is 7. The van der Waals surface area contributed by atoms with Crippen molar-refractivity contribution in [1.82, 2.24) is 9.78 Å². The van der Waals surface area contributed by atoms with Gasteiger partial charge in [0.05, 0.1) is 13.2 Å². The average Bonchev–Trinajstić information content (AvgIpc) is 3.29. The molecule has 2 atom stereocenters. The molecular formula is C22H34N4O3S. The highest BCUT2D eigenvalue weighted by Gasteiger charge is 2.26. The zero-order valence-corrected chi connectivity index (χ0v) is 19.6. The van der Waals surface area contributed by atoms with Crippen molar-refractivity contribution < 1.29 is 14.1 Å². The van der Waals surface area contributed by atoms with Gasteiger partial charge in [0.2, 0.25) is 0 Å². The predicted octanol–water partition coefficient (Wildman–Crippen LogP) is 4.00. The summed E-state index contributed by atoms with van der Waals surface area (Å²) in [4.78, 5) is 0. The van der Waals surface area contributed by atoms with Gasteiger partial charge in [0.15, 0.2) is 21.2 Å². The van der Waals surface area contributed by atoms with Crippen molar-refractivity contribution in [3.63, 3.8) is 0 Å². The number of ether oxygens (including phenoxy) is 1. The van der Waals surface area contributed by atoms with E-state index in [2.05, 4.69) is 43.2 Å². The number of nitrogens with zero attached hydrogens (tertiary/aromatic N) is 3. The SMILES string of the molecule is CC(C)c1cc2c(c(C(C)C)c1CC(O)N=S(N)(=O)c1ccn(C(C)C)n1)COC2. The van der Waals surface area contributed by atoms with Crippen LogP contribution in [0.3, 0.4) is 0 Å². The molecule has 8 heteroatoms. The second-order valence-electron chi connectivity index (χ2n) is 8.88. The van der Waals surface area contributed by atoms with Crippen LogP contribution in [0.4, 0.5) is 0 Å². The van der Waals surface area contributed by atoms with Crippen molar-refractivity contribution in [3.05, 3.63) is 46.1 Å². The Hall–Kier alpha value is -1.74. The van der Waals surface area contributed by atoms with Gasteiger partial charge in [-0.25, -0.2) is 9.35 Å². The van der Waals surface area contributed by atoms with E-state index in [9.17, 15) is 9.32 Å². The highest BCUT2D eigenvalue weighted by Crippen LogP contribution is 2.37. The van der Waals surface area contributed by atoms with Gasteiger partial charge in [0.25, 0.3) is 0 Å². The number of benzene rings is 1. The average molecular weight is 435 g/mol. The molecule has 1 aliphatic heterocycles. The molecule has 1 aromatic carbocycles. The van der Waals surface area contributed by atoms with Gasteiger partial charge in [-0.2, -0.15) is 9.46 Å². The lowest BCUT2D eigenvalue weighted by Gasteiger charge is -2.24. The number of aromatic nitrogens is 2. The molecule has 0 bridgehead atoms. The van der Waals surface area contributed by atoms with E-state index in [1.807, 2.05) is 13.8 Å². The molecule has 0 aliphatic carbocycles. The normalized spacial score (nSPS) is 16.9. The Labute approximate surface area is 179 Å². The van der Waals surface area contributed by atoms with E-state index in [1.165, 1.54) is 22.3 Å². The molecule has 1 aliphatic rings. The molecule has 3 rings (SSSR count). The fraction of sp³-hybridized carbons (Fsp3) is 0.591. The van der Waals surface area contributed by atoms with Gasteiger partial charge < -0.3 is 9.84 Å². The molecule has 30 heavy (non-hydrogen) atoms. The molecule has 0 radical (unpaired) electrons. The first kappa shape index (κ1) is 22.9. The zero-order valence-electron chi connectivity index (χ0n) is 18.8. The summed E-state index contributed by atoms with van der Waals surface area (Å²) in [5.41, 5.74) is 5.86. The lowest BCUT2D eigenvalue weighted by atomic mass is 9.82. The molecule has 7 nitrogen and oxygen atoms in total. The highest BCUT2D eigenvalue weighted by atomic mass is 32.2. The standard InChI is InChI=1S/C22H34N4O3S/c1-13(2)17-9-16-11-29-12-19(16)22(14(3)4)18(17)10-20(27)25-30(23,28)21-7-8-26(24-21)15(5)6/h7-9,13-15,20,27H,10-12H2,1-6H3,(H2,23,25,28). The quantitative estimate of drug-likeness (QED) is 0.687. The van der Waals surface area contributed by atoms with Crippen molar-refractivity contribution >= 4 is 9.92 Å². The van der Waals surface area contributed by atoms with E-state index in [0.29, 0.717) is 13.2 Å². The van der Waals surface area contributed by atoms with Crippen molar-refractivity contribution in [1.29, 1.82) is 0 Å². The maximum atomic E-state index is 13.0. The summed E-state index contributed by atoms with van der Waals surface area (Å²) >= 11 is 0. The van der Waals surface area contributed by atoms with Crippen LogP contribution in [-0.2, 0) is 34.3 Å². The first-order chi connectivity index (χ1) is 14.0. The number of aliphatic hydroxyl groups excluding tert-OH is 1. The predicted molar refractivity (Wildman–Crippen MR) is 118 cm³/mol. The Morgan fingerprint density at radius 1 is 1.23 bits per heavy atom. The Bertz CT molecular complexity index is 1030. The van der Waals surface area contributed by atoms with E-state index < -0.39 is 16.1 Å². The molecule has 0 amide bonds. The van der Waals surface area contributed by atoms with Crippen molar-refractivity contribution in [3.8, 4) is 0 Å². The van der Waals surface area contributed by atoms with Crippen molar-refractivity contribution in [2.75, 3.05) is 0 Å². The molecule has 2 aromatic rings. The number of aliphatic hydroxyl groups is 1. The fourth-order valence-corrected chi connectivity index (χ4v) is 5.10. The maximum absolute atomic E-state index is 13.0. The highest BCUT2D eigenvalue weighted by molar-refractivity contribution is 7.91. The molecule has 3 N–H and O–H groups in total. The van der Waals surface area contributed by atoms with Crippen LogP contribution < -0.4 is 5.14 Å². The van der Waals surface area contributed by atoms with Gasteiger partial charge in [-0.1, -0.05) is 33.8 Å². The van der Waals surface area contributed by atoms with Crippen LogP contribution in [0.5, 0.6) is 0 Å². The largest absolute Gasteiger partial charge is 0.372 e. The molecule has 0 saturated heterocycles. The topological polar surface area (TPSA) is 103 Å². The van der Waals surface area contributed by atoms with Gasteiger partial charge in [-0.05, 0) is 59.6 Å². The van der Waals surface area contributed by atoms with Gasteiger partial charge in [0, 0.05) is 18.7 Å². The van der Waals surface area contributed by atoms with E-state index in [4.69, 9.17) is 9.88 Å². The Morgan fingerprint density at radius 3 is 2.50 bits per heavy atom. The summed E-state index contributed by atoms with van der Waals surface area (Å²) in [5, 5.41) is 21.2. The monoisotopic (exact) mass is 434 g/mol. The minimum absolute atomic E-state index is 0.120.